The van der Waals surface area contributed by atoms with Crippen LogP contribution >= 0.6 is 0 Å². The number of carbonyl (C=O) groups excluding carboxylic acids is 1. The molecule has 1 amide bonds. The highest BCUT2D eigenvalue weighted by Crippen LogP contribution is 2.41. The Morgan fingerprint density at radius 2 is 1.75 bits per heavy atom. The highest BCUT2D eigenvalue weighted by atomic mass is 32.2. The van der Waals surface area contributed by atoms with Crippen molar-refractivity contribution < 1.29 is 17.6 Å². The molecule has 0 saturated heterocycles. The van der Waals surface area contributed by atoms with Gasteiger partial charge >= 0.3 is 0 Å². The topological polar surface area (TPSA) is 63.2 Å². The maximum absolute atomic E-state index is 13.7. The number of halogens is 1. The molecule has 28 heavy (non-hydrogen) atoms. The first-order valence-corrected chi connectivity index (χ1v) is 11.5. The minimum absolute atomic E-state index is 0.00894. The van der Waals surface area contributed by atoms with Gasteiger partial charge in [0.25, 0.3) is 0 Å². The van der Waals surface area contributed by atoms with Crippen LogP contribution in [0.4, 0.5) is 4.39 Å². The lowest BCUT2D eigenvalue weighted by molar-refractivity contribution is -0.126. The Labute approximate surface area is 166 Å². The number of sulfone groups is 1. The van der Waals surface area contributed by atoms with E-state index in [1.807, 2.05) is 18.2 Å². The van der Waals surface area contributed by atoms with Crippen molar-refractivity contribution in [2.75, 3.05) is 12.3 Å². The second-order valence-corrected chi connectivity index (χ2v) is 9.67. The molecule has 3 rings (SSSR count). The molecule has 150 valence electrons. The van der Waals surface area contributed by atoms with Crippen molar-refractivity contribution in [1.82, 2.24) is 5.32 Å². The van der Waals surface area contributed by atoms with Gasteiger partial charge in [0, 0.05) is 6.54 Å². The van der Waals surface area contributed by atoms with E-state index in [0.29, 0.717) is 31.4 Å². The van der Waals surface area contributed by atoms with Gasteiger partial charge in [0.2, 0.25) is 5.91 Å². The molecule has 4 nitrogen and oxygen atoms in total. The first-order valence-electron chi connectivity index (χ1n) is 9.70. The molecule has 2 aromatic rings. The summed E-state index contributed by atoms with van der Waals surface area (Å²) in [5.74, 6) is -0.441. The number of amides is 1. The van der Waals surface area contributed by atoms with Crippen molar-refractivity contribution in [3.63, 3.8) is 0 Å². The SMILES string of the molecule is O=C(NCCCS(=O)(=O)Cc1ccccc1)C1(c2cccc(F)c2)CCCC1. The number of hydrogen-bond acceptors (Lipinski definition) is 3. The fraction of sp³-hybridized carbons (Fsp3) is 0.409. The predicted octanol–water partition coefficient (Wildman–Crippen LogP) is 3.76. The molecule has 1 N–H and O–H groups in total. The van der Waals surface area contributed by atoms with Crippen LogP contribution in [0, 0.1) is 5.82 Å². The Hall–Kier alpha value is -2.21. The van der Waals surface area contributed by atoms with Gasteiger partial charge in [0.1, 0.15) is 5.82 Å². The summed E-state index contributed by atoms with van der Waals surface area (Å²) < 4.78 is 38.2. The zero-order chi connectivity index (χ0) is 20.0. The minimum Gasteiger partial charge on any atom is -0.355 e. The average molecular weight is 404 g/mol. The summed E-state index contributed by atoms with van der Waals surface area (Å²) in [7, 11) is -3.23. The molecule has 0 aliphatic heterocycles. The average Bonchev–Trinajstić information content (AvgIpc) is 3.17. The molecule has 0 atom stereocenters. The fourth-order valence-electron chi connectivity index (χ4n) is 3.98. The Kier molecular flexibility index (Phi) is 6.50. The number of rotatable bonds is 8. The molecule has 0 unspecified atom stereocenters. The highest BCUT2D eigenvalue weighted by molar-refractivity contribution is 7.90. The lowest BCUT2D eigenvalue weighted by Crippen LogP contribution is -2.43. The van der Waals surface area contributed by atoms with E-state index in [1.165, 1.54) is 12.1 Å². The number of carbonyl (C=O) groups is 1. The van der Waals surface area contributed by atoms with Gasteiger partial charge in [-0.1, -0.05) is 55.3 Å². The minimum atomic E-state index is -3.23. The van der Waals surface area contributed by atoms with Crippen molar-refractivity contribution in [2.45, 2.75) is 43.3 Å². The van der Waals surface area contributed by atoms with Crippen LogP contribution in [-0.4, -0.2) is 26.6 Å². The van der Waals surface area contributed by atoms with Gasteiger partial charge in [-0.15, -0.1) is 0 Å². The lowest BCUT2D eigenvalue weighted by Gasteiger charge is -2.28. The van der Waals surface area contributed by atoms with E-state index in [-0.39, 0.29) is 23.2 Å². The second-order valence-electron chi connectivity index (χ2n) is 7.49. The molecular formula is C22H26FNO3S. The standard InChI is InChI=1S/C22H26FNO3S/c23-20-11-6-10-19(16-20)22(12-4-5-13-22)21(25)24-14-7-15-28(26,27)17-18-8-2-1-3-9-18/h1-3,6,8-11,16H,4-5,7,12-15,17H2,(H,24,25). The third-order valence-electron chi connectivity index (χ3n) is 5.42. The first kappa shape index (κ1) is 20.5. The highest BCUT2D eigenvalue weighted by Gasteiger charge is 2.42. The maximum atomic E-state index is 13.7. The van der Waals surface area contributed by atoms with Crippen LogP contribution in [0.25, 0.3) is 0 Å². The Morgan fingerprint density at radius 3 is 2.43 bits per heavy atom. The van der Waals surface area contributed by atoms with Crippen LogP contribution in [0.5, 0.6) is 0 Å². The lowest BCUT2D eigenvalue weighted by atomic mass is 9.78. The first-order chi connectivity index (χ1) is 13.4. The number of hydrogen-bond donors (Lipinski definition) is 1. The largest absolute Gasteiger partial charge is 0.355 e. The Morgan fingerprint density at radius 1 is 1.04 bits per heavy atom. The van der Waals surface area contributed by atoms with Crippen molar-refractivity contribution in [3.05, 3.63) is 71.5 Å². The third kappa shape index (κ3) is 4.98. The molecule has 1 aliphatic carbocycles. The van der Waals surface area contributed by atoms with E-state index in [1.54, 1.807) is 24.3 Å². The van der Waals surface area contributed by atoms with Crippen molar-refractivity contribution >= 4 is 15.7 Å². The molecule has 0 bridgehead atoms. The summed E-state index contributed by atoms with van der Waals surface area (Å²) in [5.41, 5.74) is 0.770. The molecule has 1 saturated carbocycles. The van der Waals surface area contributed by atoms with Gasteiger partial charge in [-0.05, 0) is 42.5 Å². The van der Waals surface area contributed by atoms with Crippen molar-refractivity contribution in [1.29, 1.82) is 0 Å². The van der Waals surface area contributed by atoms with Gasteiger partial charge in [0.15, 0.2) is 9.84 Å². The van der Waals surface area contributed by atoms with Crippen LogP contribution in [-0.2, 0) is 25.8 Å². The van der Waals surface area contributed by atoms with Crippen LogP contribution in [0.2, 0.25) is 0 Å². The second kappa shape index (κ2) is 8.86. The summed E-state index contributed by atoms with van der Waals surface area (Å²) in [6, 6.07) is 15.3. The van der Waals surface area contributed by atoms with Gasteiger partial charge < -0.3 is 5.32 Å². The van der Waals surface area contributed by atoms with E-state index < -0.39 is 15.3 Å². The van der Waals surface area contributed by atoms with Crippen LogP contribution in [0.3, 0.4) is 0 Å². The predicted molar refractivity (Wildman–Crippen MR) is 108 cm³/mol. The Balaban J connectivity index is 1.55. The molecule has 6 heteroatoms. The summed E-state index contributed by atoms with van der Waals surface area (Å²) >= 11 is 0. The van der Waals surface area contributed by atoms with E-state index in [4.69, 9.17) is 0 Å². The molecule has 0 aromatic heterocycles. The van der Waals surface area contributed by atoms with Crippen LogP contribution in [0.15, 0.2) is 54.6 Å². The summed E-state index contributed by atoms with van der Waals surface area (Å²) in [5, 5.41) is 2.89. The molecule has 0 heterocycles. The molecule has 0 spiro atoms. The molecule has 1 aliphatic rings. The summed E-state index contributed by atoms with van der Waals surface area (Å²) in [6.45, 7) is 0.296. The van der Waals surface area contributed by atoms with E-state index in [2.05, 4.69) is 5.32 Å². The number of benzene rings is 2. The van der Waals surface area contributed by atoms with E-state index in [9.17, 15) is 17.6 Å². The number of nitrogens with one attached hydrogen (secondary N) is 1. The fourth-order valence-corrected chi connectivity index (χ4v) is 5.40. The van der Waals surface area contributed by atoms with Gasteiger partial charge in [0.05, 0.1) is 16.9 Å². The maximum Gasteiger partial charge on any atom is 0.230 e. The van der Waals surface area contributed by atoms with E-state index >= 15 is 0 Å². The zero-order valence-electron chi connectivity index (χ0n) is 15.9. The molecule has 2 aromatic carbocycles. The Bertz CT molecular complexity index is 906. The van der Waals surface area contributed by atoms with Crippen LogP contribution < -0.4 is 5.32 Å². The zero-order valence-corrected chi connectivity index (χ0v) is 16.7. The third-order valence-corrected chi connectivity index (χ3v) is 7.10. The summed E-state index contributed by atoms with van der Waals surface area (Å²) in [6.07, 6.45) is 3.59. The molecular weight excluding hydrogens is 377 g/mol. The van der Waals surface area contributed by atoms with Crippen LogP contribution in [0.1, 0.15) is 43.2 Å². The van der Waals surface area contributed by atoms with Crippen molar-refractivity contribution in [3.8, 4) is 0 Å². The van der Waals surface area contributed by atoms with Gasteiger partial charge in [-0.3, -0.25) is 4.79 Å². The van der Waals surface area contributed by atoms with Crippen molar-refractivity contribution in [2.24, 2.45) is 0 Å². The molecule has 1 fully saturated rings. The van der Waals surface area contributed by atoms with E-state index in [0.717, 1.165) is 18.4 Å². The summed E-state index contributed by atoms with van der Waals surface area (Å²) in [4.78, 5) is 12.9. The van der Waals surface area contributed by atoms with Gasteiger partial charge in [-0.2, -0.15) is 0 Å². The quantitative estimate of drug-likeness (QED) is 0.683. The molecule has 0 radical (unpaired) electrons. The smallest absolute Gasteiger partial charge is 0.230 e. The monoisotopic (exact) mass is 403 g/mol. The normalized spacial score (nSPS) is 16.0. The van der Waals surface area contributed by atoms with Gasteiger partial charge in [-0.25, -0.2) is 12.8 Å².